The van der Waals surface area contributed by atoms with Crippen molar-refractivity contribution in [2.45, 2.75) is 32.7 Å². The lowest BCUT2D eigenvalue weighted by Gasteiger charge is -2.26. The highest BCUT2D eigenvalue weighted by Crippen LogP contribution is 2.10. The Balaban J connectivity index is 2.06. The van der Waals surface area contributed by atoms with E-state index in [0.29, 0.717) is 26.1 Å². The van der Waals surface area contributed by atoms with Crippen LogP contribution in [0.15, 0.2) is 65.8 Å². The van der Waals surface area contributed by atoms with Crippen molar-refractivity contribution in [1.29, 1.82) is 0 Å². The van der Waals surface area contributed by atoms with E-state index < -0.39 is 0 Å². The van der Waals surface area contributed by atoms with Crippen LogP contribution in [0.25, 0.3) is 0 Å². The monoisotopic (exact) mass is 368 g/mol. The van der Waals surface area contributed by atoms with Crippen molar-refractivity contribution in [1.82, 2.24) is 9.80 Å². The fourth-order valence-electron chi connectivity index (χ4n) is 2.84. The fourth-order valence-corrected chi connectivity index (χ4v) is 2.84. The van der Waals surface area contributed by atoms with Gasteiger partial charge in [0.2, 0.25) is 11.8 Å². The number of furan rings is 1. The predicted molar refractivity (Wildman–Crippen MR) is 106 cm³/mol. The third-order valence-corrected chi connectivity index (χ3v) is 4.28. The number of benzene rings is 1. The number of carbonyl (C=O) groups is 2. The van der Waals surface area contributed by atoms with E-state index >= 15 is 0 Å². The highest BCUT2D eigenvalue weighted by Gasteiger charge is 2.21. The smallest absolute Gasteiger partial charge is 0.242 e. The van der Waals surface area contributed by atoms with Gasteiger partial charge in [0.15, 0.2) is 0 Å². The molecule has 1 aromatic heterocycles. The molecule has 2 aromatic rings. The molecule has 0 saturated heterocycles. The zero-order chi connectivity index (χ0) is 19.5. The molecule has 0 atom stereocenters. The first-order valence-corrected chi connectivity index (χ1v) is 9.36. The van der Waals surface area contributed by atoms with Crippen LogP contribution < -0.4 is 0 Å². The van der Waals surface area contributed by atoms with E-state index in [4.69, 9.17) is 4.42 Å². The van der Waals surface area contributed by atoms with Crippen LogP contribution in [0.3, 0.4) is 0 Å². The summed E-state index contributed by atoms with van der Waals surface area (Å²) < 4.78 is 5.41. The molecule has 5 heteroatoms. The molecule has 1 heterocycles. The number of nitrogens with zero attached hydrogens (tertiary/aromatic N) is 2. The van der Waals surface area contributed by atoms with Gasteiger partial charge in [0, 0.05) is 19.5 Å². The van der Waals surface area contributed by atoms with Crippen LogP contribution in [0, 0.1) is 0 Å². The summed E-state index contributed by atoms with van der Waals surface area (Å²) in [5.74, 6) is 0.618. The third-order valence-electron chi connectivity index (χ3n) is 4.28. The van der Waals surface area contributed by atoms with Crippen molar-refractivity contribution >= 4 is 11.8 Å². The molecule has 0 aliphatic carbocycles. The third kappa shape index (κ3) is 6.77. The van der Waals surface area contributed by atoms with Gasteiger partial charge in [-0.05, 0) is 30.5 Å². The highest BCUT2D eigenvalue weighted by molar-refractivity contribution is 5.85. The molecule has 5 nitrogen and oxygen atoms in total. The Morgan fingerprint density at radius 3 is 2.48 bits per heavy atom. The number of rotatable bonds is 11. The minimum absolute atomic E-state index is 0.0215. The largest absolute Gasteiger partial charge is 0.467 e. The van der Waals surface area contributed by atoms with E-state index in [-0.39, 0.29) is 18.4 Å². The number of hydrogen-bond acceptors (Lipinski definition) is 3. The maximum atomic E-state index is 12.9. The highest BCUT2D eigenvalue weighted by atomic mass is 16.3. The summed E-state index contributed by atoms with van der Waals surface area (Å²) in [7, 11) is 0. The van der Waals surface area contributed by atoms with Crippen molar-refractivity contribution in [3.8, 4) is 0 Å². The van der Waals surface area contributed by atoms with Crippen molar-refractivity contribution in [2.75, 3.05) is 19.6 Å². The maximum absolute atomic E-state index is 12.9. The maximum Gasteiger partial charge on any atom is 0.242 e. The Hall–Kier alpha value is -2.82. The molecule has 27 heavy (non-hydrogen) atoms. The lowest BCUT2D eigenvalue weighted by molar-refractivity contribution is -0.140. The summed E-state index contributed by atoms with van der Waals surface area (Å²) in [6, 6.07) is 13.7. The summed E-state index contributed by atoms with van der Waals surface area (Å²) >= 11 is 0. The van der Waals surface area contributed by atoms with E-state index in [2.05, 4.69) is 6.58 Å². The van der Waals surface area contributed by atoms with Crippen molar-refractivity contribution in [3.05, 3.63) is 72.7 Å². The Morgan fingerprint density at radius 2 is 1.85 bits per heavy atom. The van der Waals surface area contributed by atoms with Gasteiger partial charge < -0.3 is 14.2 Å². The van der Waals surface area contributed by atoms with Crippen LogP contribution >= 0.6 is 0 Å². The van der Waals surface area contributed by atoms with Gasteiger partial charge in [-0.1, -0.05) is 43.3 Å². The number of hydrogen-bond donors (Lipinski definition) is 0. The van der Waals surface area contributed by atoms with Gasteiger partial charge in [0.25, 0.3) is 0 Å². The van der Waals surface area contributed by atoms with Gasteiger partial charge in [-0.15, -0.1) is 6.58 Å². The summed E-state index contributed by atoms with van der Waals surface area (Å²) in [4.78, 5) is 28.5. The Bertz CT molecular complexity index is 710. The zero-order valence-corrected chi connectivity index (χ0v) is 16.0. The van der Waals surface area contributed by atoms with E-state index in [1.54, 1.807) is 22.1 Å². The molecule has 0 saturated carbocycles. The second kappa shape index (κ2) is 11.0. The molecule has 2 rings (SSSR count). The van der Waals surface area contributed by atoms with Crippen molar-refractivity contribution in [3.63, 3.8) is 0 Å². The minimum Gasteiger partial charge on any atom is -0.467 e. The fraction of sp³-hybridized carbons (Fsp3) is 0.364. The van der Waals surface area contributed by atoms with E-state index in [9.17, 15) is 9.59 Å². The summed E-state index contributed by atoms with van der Waals surface area (Å²) in [6.07, 6.45) is 5.19. The molecule has 0 aliphatic rings. The predicted octanol–water partition coefficient (Wildman–Crippen LogP) is 3.67. The Morgan fingerprint density at radius 1 is 1.07 bits per heavy atom. The van der Waals surface area contributed by atoms with Crippen LogP contribution in [0.1, 0.15) is 31.1 Å². The van der Waals surface area contributed by atoms with E-state index in [1.165, 1.54) is 5.56 Å². The first-order chi connectivity index (χ1) is 13.1. The van der Waals surface area contributed by atoms with Crippen LogP contribution in [0.2, 0.25) is 0 Å². The lowest BCUT2D eigenvalue weighted by Crippen LogP contribution is -2.43. The second-order valence-electron chi connectivity index (χ2n) is 6.44. The molecule has 0 bridgehead atoms. The van der Waals surface area contributed by atoms with Gasteiger partial charge in [-0.2, -0.15) is 0 Å². The summed E-state index contributed by atoms with van der Waals surface area (Å²) in [6.45, 7) is 7.03. The molecule has 1 aromatic carbocycles. The van der Waals surface area contributed by atoms with E-state index in [0.717, 1.165) is 18.6 Å². The molecule has 0 aliphatic heterocycles. The lowest BCUT2D eigenvalue weighted by atomic mass is 10.1. The van der Waals surface area contributed by atoms with Gasteiger partial charge >= 0.3 is 0 Å². The molecule has 0 N–H and O–H groups in total. The Kier molecular flexibility index (Phi) is 8.36. The number of amides is 2. The quantitative estimate of drug-likeness (QED) is 0.569. The second-order valence-corrected chi connectivity index (χ2v) is 6.44. The standard InChI is InChI=1S/C22H28N2O3/c1-3-9-21(25)23(14-4-2)18-22(26)24(17-20-12-8-16-27-20)15-13-19-10-6-5-7-11-19/h4-8,10-12,16H,2-3,9,13-15,17-18H2,1H3. The topological polar surface area (TPSA) is 53.8 Å². The zero-order valence-electron chi connectivity index (χ0n) is 16.0. The molecule has 0 fully saturated rings. The molecule has 0 radical (unpaired) electrons. The molecule has 0 spiro atoms. The molecular weight excluding hydrogens is 340 g/mol. The van der Waals surface area contributed by atoms with Crippen LogP contribution in [-0.2, 0) is 22.6 Å². The van der Waals surface area contributed by atoms with Crippen LogP contribution in [0.4, 0.5) is 0 Å². The molecule has 144 valence electrons. The minimum atomic E-state index is -0.0892. The SMILES string of the molecule is C=CCN(CC(=O)N(CCc1ccccc1)Cc1ccco1)C(=O)CCC. The van der Waals surface area contributed by atoms with Crippen molar-refractivity contribution in [2.24, 2.45) is 0 Å². The first kappa shape index (κ1) is 20.5. The van der Waals surface area contributed by atoms with Gasteiger partial charge in [0.1, 0.15) is 12.3 Å². The molecular formula is C22H28N2O3. The van der Waals surface area contributed by atoms with E-state index in [1.807, 2.05) is 49.4 Å². The first-order valence-electron chi connectivity index (χ1n) is 9.36. The normalized spacial score (nSPS) is 10.4. The summed E-state index contributed by atoms with van der Waals surface area (Å²) in [5.41, 5.74) is 1.17. The van der Waals surface area contributed by atoms with Gasteiger partial charge in [-0.25, -0.2) is 0 Å². The molecule has 2 amide bonds. The van der Waals surface area contributed by atoms with Gasteiger partial charge in [0.05, 0.1) is 12.8 Å². The summed E-state index contributed by atoms with van der Waals surface area (Å²) in [5, 5.41) is 0. The Labute approximate surface area is 161 Å². The van der Waals surface area contributed by atoms with Crippen LogP contribution in [0.5, 0.6) is 0 Å². The molecule has 0 unspecified atom stereocenters. The van der Waals surface area contributed by atoms with Crippen LogP contribution in [-0.4, -0.2) is 41.2 Å². The average molecular weight is 368 g/mol. The van der Waals surface area contributed by atoms with Gasteiger partial charge in [-0.3, -0.25) is 9.59 Å². The average Bonchev–Trinajstić information content (AvgIpc) is 3.19. The van der Waals surface area contributed by atoms with Crippen molar-refractivity contribution < 1.29 is 14.0 Å². The number of carbonyl (C=O) groups excluding carboxylic acids is 2.